The number of Topliss-reactive ketones (excluding diaryl/α,β-unsaturated/α-hetero) is 1. The quantitative estimate of drug-likeness (QED) is 0.107. The molecule has 53 heavy (non-hydrogen) atoms. The van der Waals surface area contributed by atoms with E-state index in [-0.39, 0.29) is 34.9 Å². The summed E-state index contributed by atoms with van der Waals surface area (Å²) in [6.07, 6.45) is -5.26. The van der Waals surface area contributed by atoms with Gasteiger partial charge in [0, 0.05) is 23.4 Å². The second kappa shape index (κ2) is 16.4. The first-order valence-electron chi connectivity index (χ1n) is 16.4. The number of methoxy groups -OCH3 is 1. The monoisotopic (exact) mass is 723 g/mol. The lowest BCUT2D eigenvalue weighted by atomic mass is 9.95. The van der Waals surface area contributed by atoms with Gasteiger partial charge in [0.05, 0.1) is 25.1 Å². The number of carbonyl (C=O) groups is 4. The van der Waals surface area contributed by atoms with Crippen LogP contribution in [-0.4, -0.2) is 47.2 Å². The third-order valence-electron chi connectivity index (χ3n) is 8.55. The molecule has 1 atom stereocenters. The van der Waals surface area contributed by atoms with Crippen molar-refractivity contribution in [2.45, 2.75) is 32.1 Å². The molecule has 0 saturated carbocycles. The molecule has 0 aromatic heterocycles. The van der Waals surface area contributed by atoms with Gasteiger partial charge >= 0.3 is 12.1 Å². The molecule has 5 aromatic rings. The molecule has 0 heterocycles. The van der Waals surface area contributed by atoms with Crippen LogP contribution in [0.1, 0.15) is 54.6 Å². The summed E-state index contributed by atoms with van der Waals surface area (Å²) >= 11 is 0. The van der Waals surface area contributed by atoms with Gasteiger partial charge < -0.3 is 25.8 Å². The SMILES string of the molecule is COc1ccc(CC(=O)Nc2ccc(C(=O)N(CC(=O)O)Cc3ccc(C(=O)C(N)c4ccc(-c5ccc(C)cc5)cc4)cc3)cc2)c(C(F)(F)F)c1. The normalized spacial score (nSPS) is 11.7. The van der Waals surface area contributed by atoms with Crippen LogP contribution in [0, 0.1) is 6.92 Å². The number of hydrogen-bond acceptors (Lipinski definition) is 6. The van der Waals surface area contributed by atoms with Crippen molar-refractivity contribution in [2.24, 2.45) is 5.73 Å². The van der Waals surface area contributed by atoms with Crippen molar-refractivity contribution in [3.8, 4) is 16.9 Å². The number of aliphatic carboxylic acids is 1. The van der Waals surface area contributed by atoms with Crippen molar-refractivity contribution >= 4 is 29.3 Å². The average molecular weight is 724 g/mol. The molecular weight excluding hydrogens is 687 g/mol. The van der Waals surface area contributed by atoms with Gasteiger partial charge in [-0.3, -0.25) is 19.2 Å². The first-order chi connectivity index (χ1) is 25.2. The lowest BCUT2D eigenvalue weighted by Crippen LogP contribution is -2.35. The molecule has 272 valence electrons. The van der Waals surface area contributed by atoms with E-state index < -0.39 is 48.5 Å². The van der Waals surface area contributed by atoms with Gasteiger partial charge in [-0.25, -0.2) is 0 Å². The Balaban J connectivity index is 1.21. The number of nitrogens with one attached hydrogen (secondary N) is 1. The number of carbonyl (C=O) groups excluding carboxylic acids is 3. The maximum atomic E-state index is 13.6. The molecule has 9 nitrogen and oxygen atoms in total. The van der Waals surface area contributed by atoms with Crippen molar-refractivity contribution in [3.05, 3.63) is 154 Å². The zero-order chi connectivity index (χ0) is 38.3. The largest absolute Gasteiger partial charge is 0.497 e. The van der Waals surface area contributed by atoms with Gasteiger partial charge in [-0.15, -0.1) is 0 Å². The van der Waals surface area contributed by atoms with Crippen LogP contribution >= 0.6 is 0 Å². The smallest absolute Gasteiger partial charge is 0.416 e. The molecule has 4 N–H and O–H groups in total. The maximum absolute atomic E-state index is 13.6. The first-order valence-corrected chi connectivity index (χ1v) is 16.4. The van der Waals surface area contributed by atoms with E-state index in [9.17, 15) is 37.5 Å². The molecule has 5 rings (SSSR count). The Morgan fingerprint density at radius 2 is 1.40 bits per heavy atom. The first kappa shape index (κ1) is 38.0. The standard InChI is InChI=1S/C41H36F3N3O6/c1-25-3-7-27(8-4-25)28-11-13-29(14-12-28)38(45)39(51)30-9-5-26(6-10-30)23-47(24-37(49)50)40(52)31-15-18-33(19-16-31)46-36(48)21-32-17-20-34(53-2)22-35(32)41(42,43)44/h3-20,22,38H,21,23-24,45H2,1-2H3,(H,46,48)(H,49,50). The highest BCUT2D eigenvalue weighted by atomic mass is 19.4. The number of carboxylic acid groups (broad SMARTS) is 1. The Morgan fingerprint density at radius 1 is 0.811 bits per heavy atom. The summed E-state index contributed by atoms with van der Waals surface area (Å²) in [6.45, 7) is 1.30. The molecule has 12 heteroatoms. The van der Waals surface area contributed by atoms with E-state index in [2.05, 4.69) is 5.32 Å². The maximum Gasteiger partial charge on any atom is 0.416 e. The zero-order valence-corrected chi connectivity index (χ0v) is 28.8. The molecule has 0 bridgehead atoms. The summed E-state index contributed by atoms with van der Waals surface area (Å²) in [5, 5.41) is 12.0. The summed E-state index contributed by atoms with van der Waals surface area (Å²) in [4.78, 5) is 52.0. The lowest BCUT2D eigenvalue weighted by molar-refractivity contribution is -0.139. The van der Waals surface area contributed by atoms with Gasteiger partial charge in [-0.05, 0) is 71.1 Å². The highest BCUT2D eigenvalue weighted by molar-refractivity contribution is 6.01. The van der Waals surface area contributed by atoms with E-state index in [0.29, 0.717) is 16.7 Å². The number of anilines is 1. The van der Waals surface area contributed by atoms with Crippen LogP contribution in [0.5, 0.6) is 5.75 Å². The van der Waals surface area contributed by atoms with Gasteiger partial charge in [0.25, 0.3) is 5.91 Å². The third-order valence-corrected chi connectivity index (χ3v) is 8.55. The number of ketones is 1. The molecule has 0 saturated heterocycles. The van der Waals surface area contributed by atoms with Crippen molar-refractivity contribution in [2.75, 3.05) is 19.0 Å². The van der Waals surface area contributed by atoms with Crippen molar-refractivity contribution in [3.63, 3.8) is 0 Å². The summed E-state index contributed by atoms with van der Waals surface area (Å²) < 4.78 is 45.6. The average Bonchev–Trinajstić information content (AvgIpc) is 3.14. The minimum atomic E-state index is -4.70. The van der Waals surface area contributed by atoms with E-state index in [1.165, 1.54) is 43.5 Å². The predicted molar refractivity (Wildman–Crippen MR) is 193 cm³/mol. The summed E-state index contributed by atoms with van der Waals surface area (Å²) in [5.41, 5.74) is 10.2. The molecule has 0 aliphatic rings. The minimum absolute atomic E-state index is 0.00233. The number of alkyl halides is 3. The van der Waals surface area contributed by atoms with E-state index >= 15 is 0 Å². The highest BCUT2D eigenvalue weighted by Gasteiger charge is 2.34. The van der Waals surface area contributed by atoms with Crippen molar-refractivity contribution < 1.29 is 42.2 Å². The fraction of sp³-hybridized carbons (Fsp3) is 0.171. The van der Waals surface area contributed by atoms with Gasteiger partial charge in [0.1, 0.15) is 12.3 Å². The van der Waals surface area contributed by atoms with Crippen LogP contribution in [-0.2, 0) is 28.7 Å². The molecule has 5 aromatic carbocycles. The molecule has 0 spiro atoms. The van der Waals surface area contributed by atoms with E-state index in [0.717, 1.165) is 27.7 Å². The number of rotatable bonds is 13. The topological polar surface area (TPSA) is 139 Å². The summed E-state index contributed by atoms with van der Waals surface area (Å²) in [6, 6.07) is 29.9. The fourth-order valence-electron chi connectivity index (χ4n) is 5.67. The van der Waals surface area contributed by atoms with Gasteiger partial charge in [0.2, 0.25) is 5.91 Å². The van der Waals surface area contributed by atoms with Gasteiger partial charge in [0.15, 0.2) is 5.78 Å². The van der Waals surface area contributed by atoms with Gasteiger partial charge in [-0.2, -0.15) is 13.2 Å². The Bertz CT molecular complexity index is 2100. The number of carboxylic acids is 1. The second-order valence-corrected chi connectivity index (χ2v) is 12.4. The number of halogens is 3. The number of amides is 2. The van der Waals surface area contributed by atoms with Crippen LogP contribution in [0.4, 0.5) is 18.9 Å². The number of aryl methyl sites for hydroxylation is 1. The number of hydrogen-bond donors (Lipinski definition) is 3. The van der Waals surface area contributed by atoms with Crippen molar-refractivity contribution in [1.82, 2.24) is 4.90 Å². The zero-order valence-electron chi connectivity index (χ0n) is 28.8. The van der Waals surface area contributed by atoms with E-state index in [4.69, 9.17) is 10.5 Å². The lowest BCUT2D eigenvalue weighted by Gasteiger charge is -2.21. The van der Waals surface area contributed by atoms with Crippen LogP contribution in [0.15, 0.2) is 115 Å². The Labute approximate surface area is 303 Å². The summed E-state index contributed by atoms with van der Waals surface area (Å²) in [7, 11) is 1.24. The predicted octanol–water partition coefficient (Wildman–Crippen LogP) is 7.48. The van der Waals surface area contributed by atoms with Crippen LogP contribution in [0.25, 0.3) is 11.1 Å². The third kappa shape index (κ3) is 9.75. The molecule has 2 amide bonds. The Kier molecular flexibility index (Phi) is 11.7. The van der Waals surface area contributed by atoms with Crippen molar-refractivity contribution in [1.29, 1.82) is 0 Å². The second-order valence-electron chi connectivity index (χ2n) is 12.4. The Morgan fingerprint density at radius 3 is 1.96 bits per heavy atom. The molecule has 0 radical (unpaired) electrons. The van der Waals surface area contributed by atoms with Crippen LogP contribution < -0.4 is 15.8 Å². The van der Waals surface area contributed by atoms with Gasteiger partial charge in [-0.1, -0.05) is 84.4 Å². The molecular formula is C41H36F3N3O6. The minimum Gasteiger partial charge on any atom is -0.497 e. The van der Waals surface area contributed by atoms with E-state index in [1.54, 1.807) is 24.3 Å². The molecule has 0 fully saturated rings. The van der Waals surface area contributed by atoms with Crippen LogP contribution in [0.2, 0.25) is 0 Å². The number of nitrogens with zero attached hydrogens (tertiary/aromatic N) is 1. The number of nitrogens with two attached hydrogens (primary N) is 1. The molecule has 1 unspecified atom stereocenters. The fourth-order valence-corrected chi connectivity index (χ4v) is 5.67. The number of benzene rings is 5. The highest BCUT2D eigenvalue weighted by Crippen LogP contribution is 2.35. The Hall–Kier alpha value is -6.27. The molecule has 0 aliphatic heterocycles. The number of ether oxygens (including phenoxy) is 1. The van der Waals surface area contributed by atoms with E-state index in [1.807, 2.05) is 55.5 Å². The van der Waals surface area contributed by atoms with Crippen LogP contribution in [0.3, 0.4) is 0 Å². The summed E-state index contributed by atoms with van der Waals surface area (Å²) in [5.74, 6) is -2.89. The molecule has 0 aliphatic carbocycles.